The summed E-state index contributed by atoms with van der Waals surface area (Å²) in [6.07, 6.45) is -1.96. The molecule has 0 fully saturated rings. The van der Waals surface area contributed by atoms with Crippen LogP contribution >= 0.6 is 0 Å². The van der Waals surface area contributed by atoms with Crippen molar-refractivity contribution in [3.8, 4) is 0 Å². The predicted octanol–water partition coefficient (Wildman–Crippen LogP) is 1.90. The third kappa shape index (κ3) is 4.17. The first-order chi connectivity index (χ1) is 4.70. The van der Waals surface area contributed by atoms with Gasteiger partial charge in [0.25, 0.3) is 0 Å². The lowest BCUT2D eigenvalue weighted by atomic mass is 10.7. The Morgan fingerprint density at radius 1 is 1.00 bits per heavy atom. The van der Waals surface area contributed by atoms with E-state index in [9.17, 15) is 8.78 Å². The second-order valence-corrected chi connectivity index (χ2v) is 1.37. The van der Waals surface area contributed by atoms with Gasteiger partial charge < -0.3 is 0 Å². The van der Waals surface area contributed by atoms with Gasteiger partial charge in [-0.1, -0.05) is 13.2 Å². The van der Waals surface area contributed by atoms with Gasteiger partial charge >= 0.3 is 0 Å². The first-order valence-corrected chi connectivity index (χ1v) is 2.56. The maximum atomic E-state index is 12.0. The van der Waals surface area contributed by atoms with E-state index < -0.39 is 12.7 Å². The van der Waals surface area contributed by atoms with Crippen LogP contribution in [0.4, 0.5) is 8.78 Å². The molecule has 58 valence electrons. The normalized spacial score (nSPS) is 15.8. The second-order valence-electron chi connectivity index (χ2n) is 1.37. The Balaban J connectivity index is 3.34. The molecule has 2 unspecified atom stereocenters. The predicted molar refractivity (Wildman–Crippen MR) is 32.4 cm³/mol. The van der Waals surface area contributed by atoms with Gasteiger partial charge in [-0.15, -0.1) is 0 Å². The van der Waals surface area contributed by atoms with Crippen molar-refractivity contribution in [3.63, 3.8) is 0 Å². The summed E-state index contributed by atoms with van der Waals surface area (Å²) in [6, 6.07) is 0. The number of alkyl halides is 2. The summed E-state index contributed by atoms with van der Waals surface area (Å²) in [4.78, 5) is 7.63. The summed E-state index contributed by atoms with van der Waals surface area (Å²) in [6.45, 7) is 6.07. The van der Waals surface area contributed by atoms with Crippen LogP contribution in [0.1, 0.15) is 0 Å². The molecule has 0 saturated heterocycles. The van der Waals surface area contributed by atoms with E-state index in [2.05, 4.69) is 22.9 Å². The van der Waals surface area contributed by atoms with Gasteiger partial charge in [-0.05, 0) is 12.2 Å². The van der Waals surface area contributed by atoms with Crippen LogP contribution in [0.5, 0.6) is 0 Å². The highest BCUT2D eigenvalue weighted by Gasteiger charge is 2.05. The van der Waals surface area contributed by atoms with Crippen molar-refractivity contribution >= 4 is 0 Å². The maximum absolute atomic E-state index is 12.0. The highest BCUT2D eigenvalue weighted by molar-refractivity contribution is 4.70. The molecule has 0 saturated carbocycles. The van der Waals surface area contributed by atoms with Crippen LogP contribution in [0.2, 0.25) is 0 Å². The molecule has 0 aromatic carbocycles. The van der Waals surface area contributed by atoms with Crippen LogP contribution in [0, 0.1) is 0 Å². The quantitative estimate of drug-likeness (QED) is 0.338. The van der Waals surface area contributed by atoms with Crippen LogP contribution in [0.3, 0.4) is 0 Å². The minimum atomic E-state index is -1.81. The van der Waals surface area contributed by atoms with Crippen LogP contribution < -0.4 is 0 Å². The van der Waals surface area contributed by atoms with E-state index in [1.54, 1.807) is 0 Å². The molecule has 0 radical (unpaired) electrons. The highest BCUT2D eigenvalue weighted by atomic mass is 19.2. The van der Waals surface area contributed by atoms with Crippen LogP contribution in [0.25, 0.3) is 0 Å². The highest BCUT2D eigenvalue weighted by Crippen LogP contribution is 2.01. The van der Waals surface area contributed by atoms with Crippen molar-refractivity contribution in [2.45, 2.75) is 12.7 Å². The van der Waals surface area contributed by atoms with Crippen LogP contribution in [0.15, 0.2) is 25.3 Å². The van der Waals surface area contributed by atoms with Gasteiger partial charge in [0.2, 0.25) is 12.7 Å². The molecule has 0 aliphatic carbocycles. The molecule has 0 bridgehead atoms. The zero-order valence-corrected chi connectivity index (χ0v) is 5.30. The zero-order valence-electron chi connectivity index (χ0n) is 5.30. The molecule has 0 N–H and O–H groups in total. The van der Waals surface area contributed by atoms with Gasteiger partial charge in [0.05, 0.1) is 0 Å². The van der Waals surface area contributed by atoms with Gasteiger partial charge in [0.1, 0.15) is 0 Å². The van der Waals surface area contributed by atoms with Crippen LogP contribution in [-0.4, -0.2) is 12.7 Å². The Morgan fingerprint density at radius 2 is 1.30 bits per heavy atom. The Labute approximate surface area is 57.7 Å². The third-order valence-electron chi connectivity index (χ3n) is 0.610. The van der Waals surface area contributed by atoms with E-state index in [1.807, 2.05) is 0 Å². The van der Waals surface area contributed by atoms with Crippen molar-refractivity contribution in [3.05, 3.63) is 25.3 Å². The van der Waals surface area contributed by atoms with E-state index in [1.165, 1.54) is 0 Å². The molecule has 0 aromatic heterocycles. The van der Waals surface area contributed by atoms with Crippen molar-refractivity contribution in [1.82, 2.24) is 0 Å². The van der Waals surface area contributed by atoms with Crippen molar-refractivity contribution < 1.29 is 18.6 Å². The summed E-state index contributed by atoms with van der Waals surface area (Å²) in [5.74, 6) is 0. The van der Waals surface area contributed by atoms with Gasteiger partial charge in [0, 0.05) is 0 Å². The lowest BCUT2D eigenvalue weighted by Crippen LogP contribution is -2.08. The van der Waals surface area contributed by atoms with Gasteiger partial charge in [0.15, 0.2) is 0 Å². The summed E-state index contributed by atoms with van der Waals surface area (Å²) in [5.41, 5.74) is 0. The largest absolute Gasteiger partial charge is 0.249 e. The fourth-order valence-electron chi connectivity index (χ4n) is 0.185. The molecule has 0 aromatic rings. The van der Waals surface area contributed by atoms with Crippen LogP contribution in [-0.2, 0) is 9.78 Å². The molecule has 2 atom stereocenters. The van der Waals surface area contributed by atoms with E-state index in [4.69, 9.17) is 0 Å². The SMILES string of the molecule is C=CC(F)OOC(F)C=C. The second kappa shape index (κ2) is 5.08. The fraction of sp³-hybridized carbons (Fsp3) is 0.333. The minimum absolute atomic E-state index is 0.829. The molecule has 0 heterocycles. The smallest absolute Gasteiger partial charge is 0.208 e. The topological polar surface area (TPSA) is 18.5 Å². The molecule has 2 nitrogen and oxygen atoms in total. The molecule has 0 aliphatic heterocycles. The molecule has 0 spiro atoms. The van der Waals surface area contributed by atoms with E-state index in [-0.39, 0.29) is 0 Å². The Kier molecular flexibility index (Phi) is 4.70. The molecular formula is C6H8F2O2. The van der Waals surface area contributed by atoms with Gasteiger partial charge in [-0.25, -0.2) is 8.78 Å². The van der Waals surface area contributed by atoms with Crippen molar-refractivity contribution in [1.29, 1.82) is 0 Å². The third-order valence-corrected chi connectivity index (χ3v) is 0.610. The minimum Gasteiger partial charge on any atom is -0.208 e. The lowest BCUT2D eigenvalue weighted by molar-refractivity contribution is -0.376. The number of hydrogen-bond acceptors (Lipinski definition) is 2. The lowest BCUT2D eigenvalue weighted by Gasteiger charge is -2.04. The van der Waals surface area contributed by atoms with Gasteiger partial charge in [-0.3, -0.25) is 0 Å². The average molecular weight is 150 g/mol. The average Bonchev–Trinajstić information content (AvgIpc) is 1.99. The van der Waals surface area contributed by atoms with Gasteiger partial charge in [-0.2, -0.15) is 9.78 Å². The zero-order chi connectivity index (χ0) is 7.98. The Bertz CT molecular complexity index is 102. The molecule has 10 heavy (non-hydrogen) atoms. The molecule has 0 aliphatic rings. The first kappa shape index (κ1) is 9.26. The molecule has 4 heteroatoms. The van der Waals surface area contributed by atoms with Crippen molar-refractivity contribution in [2.24, 2.45) is 0 Å². The summed E-state index contributed by atoms with van der Waals surface area (Å²) in [7, 11) is 0. The standard InChI is InChI=1S/C6H8F2O2/c1-3-5(7)9-10-6(8)4-2/h3-6H,1-2H2. The van der Waals surface area contributed by atoms with E-state index in [0.717, 1.165) is 12.2 Å². The number of rotatable bonds is 5. The maximum Gasteiger partial charge on any atom is 0.249 e. The summed E-state index contributed by atoms with van der Waals surface area (Å²) >= 11 is 0. The van der Waals surface area contributed by atoms with E-state index in [0.29, 0.717) is 0 Å². The molecule has 0 rings (SSSR count). The fourth-order valence-corrected chi connectivity index (χ4v) is 0.185. The monoisotopic (exact) mass is 150 g/mol. The van der Waals surface area contributed by atoms with Crippen molar-refractivity contribution in [2.75, 3.05) is 0 Å². The Hall–Kier alpha value is -0.740. The summed E-state index contributed by atoms with van der Waals surface area (Å²) in [5, 5.41) is 0. The molecular weight excluding hydrogens is 142 g/mol. The molecule has 0 amide bonds. The summed E-state index contributed by atoms with van der Waals surface area (Å²) < 4.78 is 23.9. The van der Waals surface area contributed by atoms with E-state index >= 15 is 0 Å². The number of hydrogen-bond donors (Lipinski definition) is 0. The number of halogens is 2. The Morgan fingerprint density at radius 3 is 1.50 bits per heavy atom. The first-order valence-electron chi connectivity index (χ1n) is 2.56.